The summed E-state index contributed by atoms with van der Waals surface area (Å²) in [5.74, 6) is -0.435. The number of aromatic nitrogens is 3. The van der Waals surface area contributed by atoms with Crippen molar-refractivity contribution in [3.05, 3.63) is 54.7 Å². The lowest BCUT2D eigenvalue weighted by Crippen LogP contribution is -2.14. The van der Waals surface area contributed by atoms with E-state index in [2.05, 4.69) is 4.98 Å². The Hall–Kier alpha value is -2.56. The number of nitrogens with two attached hydrogens (primary N) is 1. The average molecular weight is 226 g/mol. The van der Waals surface area contributed by atoms with Gasteiger partial charge < -0.3 is 5.73 Å². The molecule has 0 aliphatic carbocycles. The number of primary amides is 1. The Bertz CT molecular complexity index is 682. The van der Waals surface area contributed by atoms with Crippen molar-refractivity contribution in [2.24, 2.45) is 5.73 Å². The van der Waals surface area contributed by atoms with E-state index in [0.29, 0.717) is 5.56 Å². The van der Waals surface area contributed by atoms with Gasteiger partial charge in [0.2, 0.25) is 0 Å². The molecule has 2 N–H and O–H groups in total. The highest BCUT2D eigenvalue weighted by Crippen LogP contribution is 2.20. The van der Waals surface area contributed by atoms with Crippen LogP contribution in [0.15, 0.2) is 49.2 Å². The fourth-order valence-corrected chi connectivity index (χ4v) is 1.95. The van der Waals surface area contributed by atoms with Crippen LogP contribution in [0.4, 0.5) is 0 Å². The molecule has 0 unspecified atom stereocenters. The number of fused-ring (bicyclic) bond motifs is 1. The number of amides is 1. The Labute approximate surface area is 97.1 Å². The number of carbonyl (C=O) groups is 1. The number of rotatable bonds is 2. The zero-order chi connectivity index (χ0) is 11.8. The molecule has 3 rings (SSSR count). The van der Waals surface area contributed by atoms with Crippen LogP contribution in [0.5, 0.6) is 0 Å². The van der Waals surface area contributed by atoms with Crippen LogP contribution in [0.1, 0.15) is 10.4 Å². The molecule has 1 amide bonds. The number of hydrogen-bond acceptors (Lipinski definition) is 2. The normalized spacial score (nSPS) is 10.8. The Morgan fingerprint density at radius 2 is 2.12 bits per heavy atom. The van der Waals surface area contributed by atoms with Crippen LogP contribution in [-0.2, 0) is 0 Å². The second-order valence-corrected chi connectivity index (χ2v) is 3.71. The molecule has 3 aromatic rings. The van der Waals surface area contributed by atoms with Crippen LogP contribution < -0.4 is 5.73 Å². The summed E-state index contributed by atoms with van der Waals surface area (Å²) in [7, 11) is 0. The molecular formula is C12H10N4O. The zero-order valence-electron chi connectivity index (χ0n) is 8.95. The first-order chi connectivity index (χ1) is 8.27. The third-order valence-corrected chi connectivity index (χ3v) is 2.70. The SMILES string of the molecule is NC(=O)c1cccc2ccn(-n3ccnc3)c12. The van der Waals surface area contributed by atoms with Gasteiger partial charge in [-0.1, -0.05) is 12.1 Å². The van der Waals surface area contributed by atoms with E-state index in [0.717, 1.165) is 10.9 Å². The second kappa shape index (κ2) is 3.48. The molecule has 0 atom stereocenters. The molecule has 0 saturated carbocycles. The maximum atomic E-state index is 11.4. The van der Waals surface area contributed by atoms with E-state index < -0.39 is 5.91 Å². The fourth-order valence-electron chi connectivity index (χ4n) is 1.95. The molecule has 0 spiro atoms. The highest BCUT2D eigenvalue weighted by Gasteiger charge is 2.11. The molecule has 0 bridgehead atoms. The van der Waals surface area contributed by atoms with Crippen LogP contribution in [0.25, 0.3) is 10.9 Å². The minimum absolute atomic E-state index is 0.435. The van der Waals surface area contributed by atoms with Gasteiger partial charge in [0.1, 0.15) is 6.33 Å². The standard InChI is InChI=1S/C12H10N4O/c13-12(17)10-3-1-2-9-4-6-16(11(9)10)15-7-5-14-8-15/h1-8H,(H2,13,17). The Morgan fingerprint density at radius 1 is 1.24 bits per heavy atom. The molecule has 84 valence electrons. The molecule has 0 fully saturated rings. The van der Waals surface area contributed by atoms with Crippen molar-refractivity contribution in [2.45, 2.75) is 0 Å². The van der Waals surface area contributed by atoms with Crippen LogP contribution in [0, 0.1) is 0 Å². The summed E-state index contributed by atoms with van der Waals surface area (Å²) >= 11 is 0. The van der Waals surface area contributed by atoms with Gasteiger partial charge in [-0.15, -0.1) is 0 Å². The Balaban J connectivity index is 2.37. The molecule has 1 aromatic carbocycles. The lowest BCUT2D eigenvalue weighted by atomic mass is 10.1. The third-order valence-electron chi connectivity index (χ3n) is 2.70. The van der Waals surface area contributed by atoms with Crippen molar-refractivity contribution in [1.29, 1.82) is 0 Å². The van der Waals surface area contributed by atoms with E-state index in [4.69, 9.17) is 5.73 Å². The molecule has 0 saturated heterocycles. The van der Waals surface area contributed by atoms with Crippen molar-refractivity contribution < 1.29 is 4.79 Å². The van der Waals surface area contributed by atoms with E-state index in [1.165, 1.54) is 0 Å². The van der Waals surface area contributed by atoms with Gasteiger partial charge >= 0.3 is 0 Å². The van der Waals surface area contributed by atoms with Crippen molar-refractivity contribution in [1.82, 2.24) is 14.3 Å². The summed E-state index contributed by atoms with van der Waals surface area (Å²) in [6.07, 6.45) is 7.02. The number of benzene rings is 1. The molecule has 0 radical (unpaired) electrons. The minimum Gasteiger partial charge on any atom is -0.366 e. The number of imidazole rings is 1. The van der Waals surface area contributed by atoms with Gasteiger partial charge in [0.15, 0.2) is 0 Å². The molecular weight excluding hydrogens is 216 g/mol. The highest BCUT2D eigenvalue weighted by molar-refractivity contribution is 6.05. The monoisotopic (exact) mass is 226 g/mol. The largest absolute Gasteiger partial charge is 0.366 e. The van der Waals surface area contributed by atoms with E-state index in [-0.39, 0.29) is 0 Å². The maximum absolute atomic E-state index is 11.4. The van der Waals surface area contributed by atoms with Crippen LogP contribution in [0.2, 0.25) is 0 Å². The molecule has 0 aliphatic heterocycles. The topological polar surface area (TPSA) is 65.8 Å². The van der Waals surface area contributed by atoms with Gasteiger partial charge in [-0.25, -0.2) is 9.66 Å². The average Bonchev–Trinajstić information content (AvgIpc) is 2.96. The Kier molecular flexibility index (Phi) is 1.98. The molecule has 2 heterocycles. The van der Waals surface area contributed by atoms with E-state index in [1.807, 2.05) is 29.1 Å². The van der Waals surface area contributed by atoms with E-state index >= 15 is 0 Å². The second-order valence-electron chi connectivity index (χ2n) is 3.71. The van der Waals surface area contributed by atoms with Crippen LogP contribution in [-0.4, -0.2) is 20.2 Å². The van der Waals surface area contributed by atoms with Gasteiger partial charge in [0.25, 0.3) is 5.91 Å². The smallest absolute Gasteiger partial charge is 0.250 e. The lowest BCUT2D eigenvalue weighted by Gasteiger charge is -2.08. The molecule has 5 heteroatoms. The molecule has 0 aliphatic rings. The third kappa shape index (κ3) is 1.40. The van der Waals surface area contributed by atoms with E-state index in [9.17, 15) is 4.79 Å². The summed E-state index contributed by atoms with van der Waals surface area (Å²) in [6.45, 7) is 0. The zero-order valence-corrected chi connectivity index (χ0v) is 8.95. The van der Waals surface area contributed by atoms with Gasteiger partial charge in [0.05, 0.1) is 11.1 Å². The molecule has 17 heavy (non-hydrogen) atoms. The van der Waals surface area contributed by atoms with Crippen LogP contribution >= 0.6 is 0 Å². The fraction of sp³-hybridized carbons (Fsp3) is 0. The van der Waals surface area contributed by atoms with Crippen molar-refractivity contribution in [3.8, 4) is 0 Å². The van der Waals surface area contributed by atoms with Gasteiger partial charge in [0, 0.05) is 24.0 Å². The molecule has 5 nitrogen and oxygen atoms in total. The number of carbonyl (C=O) groups excluding carboxylic acids is 1. The predicted molar refractivity (Wildman–Crippen MR) is 63.5 cm³/mol. The summed E-state index contributed by atoms with van der Waals surface area (Å²) in [5.41, 5.74) is 6.68. The summed E-state index contributed by atoms with van der Waals surface area (Å²) in [4.78, 5) is 15.4. The van der Waals surface area contributed by atoms with E-state index in [1.54, 1.807) is 29.5 Å². The number of nitrogens with zero attached hydrogens (tertiary/aromatic N) is 3. The van der Waals surface area contributed by atoms with Crippen molar-refractivity contribution in [2.75, 3.05) is 0 Å². The Morgan fingerprint density at radius 3 is 2.82 bits per heavy atom. The number of para-hydroxylation sites is 1. The predicted octanol–water partition coefficient (Wildman–Crippen LogP) is 1.25. The maximum Gasteiger partial charge on any atom is 0.250 e. The minimum atomic E-state index is -0.435. The summed E-state index contributed by atoms with van der Waals surface area (Å²) < 4.78 is 3.62. The first kappa shape index (κ1) is 9.65. The van der Waals surface area contributed by atoms with Gasteiger partial charge in [-0.3, -0.25) is 9.47 Å². The van der Waals surface area contributed by atoms with Crippen LogP contribution in [0.3, 0.4) is 0 Å². The summed E-state index contributed by atoms with van der Waals surface area (Å²) in [6, 6.07) is 7.41. The summed E-state index contributed by atoms with van der Waals surface area (Å²) in [5, 5.41) is 0.968. The van der Waals surface area contributed by atoms with Crippen molar-refractivity contribution in [3.63, 3.8) is 0 Å². The highest BCUT2D eigenvalue weighted by atomic mass is 16.1. The first-order valence-corrected chi connectivity index (χ1v) is 5.16. The van der Waals surface area contributed by atoms with Crippen molar-refractivity contribution >= 4 is 16.8 Å². The van der Waals surface area contributed by atoms with Gasteiger partial charge in [-0.2, -0.15) is 0 Å². The quantitative estimate of drug-likeness (QED) is 0.714. The lowest BCUT2D eigenvalue weighted by molar-refractivity contribution is 0.100. The first-order valence-electron chi connectivity index (χ1n) is 5.16. The number of hydrogen-bond donors (Lipinski definition) is 1. The van der Waals surface area contributed by atoms with Gasteiger partial charge in [-0.05, 0) is 12.1 Å². The molecule has 2 aromatic heterocycles.